The molecule has 0 radical (unpaired) electrons. The van der Waals surface area contributed by atoms with Crippen molar-refractivity contribution in [1.82, 2.24) is 0 Å². The van der Waals surface area contributed by atoms with Crippen LogP contribution in [0.25, 0.3) is 0 Å². The zero-order valence-electron chi connectivity index (χ0n) is 13.3. The van der Waals surface area contributed by atoms with Crippen molar-refractivity contribution in [2.45, 2.75) is 0 Å². The van der Waals surface area contributed by atoms with Crippen LogP contribution >= 0.6 is 0 Å². The van der Waals surface area contributed by atoms with E-state index in [1.54, 1.807) is 31.4 Å². The predicted molar refractivity (Wildman–Crippen MR) is 95.3 cm³/mol. The Morgan fingerprint density at radius 3 is 2.17 bits per heavy atom. The van der Waals surface area contributed by atoms with Crippen molar-refractivity contribution in [2.75, 3.05) is 7.11 Å². The minimum Gasteiger partial charge on any atom is -0.497 e. The molecule has 0 aliphatic rings. The van der Waals surface area contributed by atoms with Gasteiger partial charge in [-0.3, -0.25) is 4.79 Å². The van der Waals surface area contributed by atoms with Gasteiger partial charge >= 0.3 is 0 Å². The number of hydrogen-bond acceptors (Lipinski definition) is 2. The number of carbonyl (C=O) groups is 1. The summed E-state index contributed by atoms with van der Waals surface area (Å²) in [5, 5.41) is 0. The van der Waals surface area contributed by atoms with Crippen molar-refractivity contribution in [2.24, 2.45) is 0 Å². The second kappa shape index (κ2) is 7.30. The van der Waals surface area contributed by atoms with E-state index in [1.165, 1.54) is 0 Å². The summed E-state index contributed by atoms with van der Waals surface area (Å²) >= 11 is 0. The van der Waals surface area contributed by atoms with E-state index in [2.05, 4.69) is 11.8 Å². The second-order valence-corrected chi connectivity index (χ2v) is 5.22. The molecule has 0 fully saturated rings. The molecule has 2 heteroatoms. The maximum atomic E-state index is 12.8. The number of methoxy groups -OCH3 is 1. The lowest BCUT2D eigenvalue weighted by Crippen LogP contribution is -2.03. The van der Waals surface area contributed by atoms with Crippen molar-refractivity contribution in [3.8, 4) is 17.6 Å². The molecule has 0 spiro atoms. The monoisotopic (exact) mass is 312 g/mol. The van der Waals surface area contributed by atoms with Crippen LogP contribution in [0, 0.1) is 11.8 Å². The van der Waals surface area contributed by atoms with E-state index in [4.69, 9.17) is 4.74 Å². The quantitative estimate of drug-likeness (QED) is 0.531. The van der Waals surface area contributed by atoms with Crippen LogP contribution in [0.15, 0.2) is 78.9 Å². The molecule has 24 heavy (non-hydrogen) atoms. The molecule has 0 aliphatic heterocycles. The van der Waals surface area contributed by atoms with Crippen LogP contribution in [-0.2, 0) is 0 Å². The van der Waals surface area contributed by atoms with Crippen LogP contribution < -0.4 is 4.74 Å². The highest BCUT2D eigenvalue weighted by Gasteiger charge is 2.12. The van der Waals surface area contributed by atoms with Crippen molar-refractivity contribution < 1.29 is 9.53 Å². The number of ether oxygens (including phenoxy) is 1. The number of hydrogen-bond donors (Lipinski definition) is 0. The van der Waals surface area contributed by atoms with Crippen LogP contribution in [0.1, 0.15) is 27.0 Å². The van der Waals surface area contributed by atoms with Crippen molar-refractivity contribution in [3.63, 3.8) is 0 Å². The average Bonchev–Trinajstić information content (AvgIpc) is 2.67. The summed E-state index contributed by atoms with van der Waals surface area (Å²) in [6.07, 6.45) is 0. The van der Waals surface area contributed by atoms with E-state index in [0.717, 1.165) is 16.9 Å². The van der Waals surface area contributed by atoms with E-state index in [0.29, 0.717) is 11.1 Å². The van der Waals surface area contributed by atoms with Gasteiger partial charge in [-0.2, -0.15) is 0 Å². The largest absolute Gasteiger partial charge is 0.497 e. The Morgan fingerprint density at radius 1 is 0.792 bits per heavy atom. The predicted octanol–water partition coefficient (Wildman–Crippen LogP) is 4.33. The molecular formula is C22H16O2. The first-order valence-corrected chi connectivity index (χ1v) is 7.63. The molecule has 0 unspecified atom stereocenters. The van der Waals surface area contributed by atoms with Gasteiger partial charge in [0.1, 0.15) is 5.75 Å². The van der Waals surface area contributed by atoms with Crippen LogP contribution in [0.5, 0.6) is 5.75 Å². The minimum absolute atomic E-state index is 0.0457. The topological polar surface area (TPSA) is 26.3 Å². The van der Waals surface area contributed by atoms with Gasteiger partial charge in [0.15, 0.2) is 5.78 Å². The van der Waals surface area contributed by atoms with Crippen LogP contribution in [0.4, 0.5) is 0 Å². The molecule has 2 nitrogen and oxygen atoms in total. The first kappa shape index (κ1) is 15.6. The summed E-state index contributed by atoms with van der Waals surface area (Å²) in [5.41, 5.74) is 2.86. The molecule has 0 heterocycles. The maximum Gasteiger partial charge on any atom is 0.194 e. The first-order chi connectivity index (χ1) is 11.8. The summed E-state index contributed by atoms with van der Waals surface area (Å²) in [6.45, 7) is 0. The average molecular weight is 312 g/mol. The summed E-state index contributed by atoms with van der Waals surface area (Å²) < 4.78 is 5.13. The van der Waals surface area contributed by atoms with Gasteiger partial charge in [-0.25, -0.2) is 0 Å². The molecule has 0 aliphatic carbocycles. The van der Waals surface area contributed by atoms with E-state index in [1.807, 2.05) is 54.6 Å². The summed E-state index contributed by atoms with van der Waals surface area (Å²) in [6, 6.07) is 24.2. The number of ketones is 1. The Morgan fingerprint density at radius 2 is 1.46 bits per heavy atom. The third-order valence-corrected chi connectivity index (χ3v) is 3.64. The molecule has 0 saturated carbocycles. The third kappa shape index (κ3) is 3.53. The standard InChI is InChI=1S/C22H16O2/c1-24-20-15-13-19(14-16-20)22(23)21-10-6-5-9-18(21)12-11-17-7-3-2-4-8-17/h2-10,13-16H,1H3. The molecule has 3 rings (SSSR count). The van der Waals surface area contributed by atoms with Crippen molar-refractivity contribution in [1.29, 1.82) is 0 Å². The van der Waals surface area contributed by atoms with Crippen molar-refractivity contribution >= 4 is 5.78 Å². The molecule has 3 aromatic rings. The Bertz CT molecular complexity index is 898. The number of carbonyl (C=O) groups excluding carboxylic acids is 1. The molecule has 0 saturated heterocycles. The maximum absolute atomic E-state index is 12.8. The van der Waals surface area contributed by atoms with Gasteiger partial charge in [0.25, 0.3) is 0 Å². The van der Waals surface area contributed by atoms with E-state index >= 15 is 0 Å². The molecule has 0 bridgehead atoms. The Balaban J connectivity index is 1.94. The third-order valence-electron chi connectivity index (χ3n) is 3.64. The highest BCUT2D eigenvalue weighted by atomic mass is 16.5. The molecule has 0 atom stereocenters. The smallest absolute Gasteiger partial charge is 0.194 e. The van der Waals surface area contributed by atoms with Gasteiger partial charge in [-0.15, -0.1) is 0 Å². The zero-order valence-corrected chi connectivity index (χ0v) is 13.3. The van der Waals surface area contributed by atoms with Gasteiger partial charge < -0.3 is 4.74 Å². The fourth-order valence-corrected chi connectivity index (χ4v) is 2.35. The summed E-state index contributed by atoms with van der Waals surface area (Å²) in [5.74, 6) is 6.89. The summed E-state index contributed by atoms with van der Waals surface area (Å²) in [7, 11) is 1.60. The molecule has 0 N–H and O–H groups in total. The minimum atomic E-state index is -0.0457. The first-order valence-electron chi connectivity index (χ1n) is 7.63. The van der Waals surface area contributed by atoms with Gasteiger partial charge in [0, 0.05) is 22.3 Å². The lowest BCUT2D eigenvalue weighted by molar-refractivity contribution is 0.103. The normalized spacial score (nSPS) is 9.71. The molecule has 116 valence electrons. The van der Waals surface area contributed by atoms with E-state index < -0.39 is 0 Å². The van der Waals surface area contributed by atoms with E-state index in [-0.39, 0.29) is 5.78 Å². The Hall–Kier alpha value is -3.31. The second-order valence-electron chi connectivity index (χ2n) is 5.22. The molecule has 3 aromatic carbocycles. The fraction of sp³-hybridized carbons (Fsp3) is 0.0455. The van der Waals surface area contributed by atoms with Crippen LogP contribution in [0.3, 0.4) is 0 Å². The summed E-state index contributed by atoms with van der Waals surface area (Å²) in [4.78, 5) is 12.8. The van der Waals surface area contributed by atoms with Crippen LogP contribution in [-0.4, -0.2) is 12.9 Å². The number of benzene rings is 3. The Kier molecular flexibility index (Phi) is 4.74. The molecule has 0 amide bonds. The van der Waals surface area contributed by atoms with Gasteiger partial charge in [-0.1, -0.05) is 42.2 Å². The van der Waals surface area contributed by atoms with Crippen LogP contribution in [0.2, 0.25) is 0 Å². The molecule has 0 aromatic heterocycles. The van der Waals surface area contributed by atoms with E-state index in [9.17, 15) is 4.79 Å². The fourth-order valence-electron chi connectivity index (χ4n) is 2.35. The zero-order chi connectivity index (χ0) is 16.8. The van der Waals surface area contributed by atoms with Gasteiger partial charge in [0.05, 0.1) is 7.11 Å². The Labute approximate surface area is 141 Å². The lowest BCUT2D eigenvalue weighted by Gasteiger charge is -2.05. The molecular weight excluding hydrogens is 296 g/mol. The van der Waals surface area contributed by atoms with Crippen molar-refractivity contribution in [3.05, 3.63) is 101 Å². The van der Waals surface area contributed by atoms with Gasteiger partial charge in [-0.05, 0) is 48.5 Å². The lowest BCUT2D eigenvalue weighted by atomic mass is 9.98. The van der Waals surface area contributed by atoms with Gasteiger partial charge in [0.2, 0.25) is 0 Å². The SMILES string of the molecule is COc1ccc(C(=O)c2ccccc2C#Cc2ccccc2)cc1. The highest BCUT2D eigenvalue weighted by Crippen LogP contribution is 2.17. The number of rotatable bonds is 3. The highest BCUT2D eigenvalue weighted by molar-refractivity contribution is 6.10.